The van der Waals surface area contributed by atoms with Gasteiger partial charge in [-0.3, -0.25) is 4.79 Å². The standard InChI is InChI=1S/C19H25ClN4O3S/c1-3-26-18(25)14-8-10-23(11-9-14)13-24-19(28)22(2)17(21-24)12-27-16-7-5-4-6-15(16)20/h4-7,14H,3,8-13H2,1-2H3/p+1. The molecule has 0 aliphatic carbocycles. The number of nitrogens with one attached hydrogen (secondary N) is 1. The van der Waals surface area contributed by atoms with E-state index in [-0.39, 0.29) is 18.5 Å². The number of likely N-dealkylation sites (tertiary alicyclic amines) is 1. The topological polar surface area (TPSA) is 62.7 Å². The number of hydrogen-bond donors (Lipinski definition) is 1. The molecule has 28 heavy (non-hydrogen) atoms. The first-order chi connectivity index (χ1) is 13.5. The number of hydrogen-bond acceptors (Lipinski definition) is 5. The van der Waals surface area contributed by atoms with Gasteiger partial charge >= 0.3 is 5.97 Å². The minimum atomic E-state index is -0.0741. The Morgan fingerprint density at radius 1 is 1.36 bits per heavy atom. The van der Waals surface area contributed by atoms with Crippen LogP contribution in [-0.2, 0) is 29.9 Å². The summed E-state index contributed by atoms with van der Waals surface area (Å²) in [5.41, 5.74) is 0. The fourth-order valence-corrected chi connectivity index (χ4v) is 3.76. The number of quaternary nitrogens is 1. The molecule has 0 atom stereocenters. The minimum absolute atomic E-state index is 0.0139. The summed E-state index contributed by atoms with van der Waals surface area (Å²) in [7, 11) is 1.89. The molecule has 2 heterocycles. The molecule has 0 spiro atoms. The summed E-state index contributed by atoms with van der Waals surface area (Å²) in [4.78, 5) is 13.2. The smallest absolute Gasteiger partial charge is 0.309 e. The van der Waals surface area contributed by atoms with Gasteiger partial charge in [0.05, 0.1) is 30.6 Å². The molecule has 9 heteroatoms. The second-order valence-corrected chi connectivity index (χ2v) is 7.68. The maximum Gasteiger partial charge on any atom is 0.309 e. The number of aromatic nitrogens is 3. The lowest BCUT2D eigenvalue weighted by Gasteiger charge is -2.27. The summed E-state index contributed by atoms with van der Waals surface area (Å²) in [5, 5.41) is 5.19. The highest BCUT2D eigenvalue weighted by atomic mass is 35.5. The molecular formula is C19H26ClN4O3S+. The quantitative estimate of drug-likeness (QED) is 0.543. The molecule has 0 unspecified atom stereocenters. The number of ether oxygens (including phenoxy) is 2. The Labute approximate surface area is 174 Å². The summed E-state index contributed by atoms with van der Waals surface area (Å²) in [6.45, 7) is 5.04. The van der Waals surface area contributed by atoms with Crippen molar-refractivity contribution in [2.24, 2.45) is 13.0 Å². The molecule has 7 nitrogen and oxygen atoms in total. The molecule has 1 aromatic carbocycles. The molecule has 0 amide bonds. The summed E-state index contributed by atoms with van der Waals surface area (Å²) < 4.78 is 15.3. The SMILES string of the molecule is CCOC(=O)C1CC[NH+](Cn2nc(COc3ccccc3Cl)n(C)c2=S)CC1. The van der Waals surface area contributed by atoms with Crippen molar-refractivity contribution in [3.05, 3.63) is 39.9 Å². The number of para-hydroxylation sites is 1. The molecule has 3 rings (SSSR count). The van der Waals surface area contributed by atoms with E-state index >= 15 is 0 Å². The monoisotopic (exact) mass is 425 g/mol. The number of carbonyl (C=O) groups is 1. The van der Waals surface area contributed by atoms with E-state index in [0.29, 0.717) is 28.8 Å². The fourth-order valence-electron chi connectivity index (χ4n) is 3.36. The second kappa shape index (κ2) is 9.54. The van der Waals surface area contributed by atoms with Gasteiger partial charge in [0.15, 0.2) is 12.5 Å². The first-order valence-electron chi connectivity index (χ1n) is 9.49. The molecule has 152 valence electrons. The fraction of sp³-hybridized carbons (Fsp3) is 0.526. The Kier molecular flexibility index (Phi) is 7.09. The van der Waals surface area contributed by atoms with Crippen LogP contribution in [-0.4, -0.2) is 40.0 Å². The van der Waals surface area contributed by atoms with Crippen LogP contribution in [0.2, 0.25) is 5.02 Å². The van der Waals surface area contributed by atoms with Crippen LogP contribution in [0.15, 0.2) is 24.3 Å². The zero-order valence-electron chi connectivity index (χ0n) is 16.2. The number of esters is 1. The van der Waals surface area contributed by atoms with Gasteiger partial charge in [-0.15, -0.1) is 5.10 Å². The van der Waals surface area contributed by atoms with Crippen LogP contribution in [0.1, 0.15) is 25.6 Å². The lowest BCUT2D eigenvalue weighted by atomic mass is 9.97. The van der Waals surface area contributed by atoms with E-state index < -0.39 is 0 Å². The molecule has 0 radical (unpaired) electrons. The molecule has 1 fully saturated rings. The van der Waals surface area contributed by atoms with E-state index in [4.69, 9.17) is 33.3 Å². The Bertz CT molecular complexity index is 874. The molecule has 1 aromatic heterocycles. The Hall–Kier alpha value is -1.90. The first kappa shape index (κ1) is 20.8. The van der Waals surface area contributed by atoms with Crippen molar-refractivity contribution >= 4 is 29.8 Å². The number of piperidine rings is 1. The Morgan fingerprint density at radius 2 is 2.07 bits per heavy atom. The molecule has 1 aliphatic rings. The normalized spacial score (nSPS) is 19.4. The van der Waals surface area contributed by atoms with E-state index in [2.05, 4.69) is 5.10 Å². The van der Waals surface area contributed by atoms with Gasteiger partial charge in [0.2, 0.25) is 4.77 Å². The zero-order chi connectivity index (χ0) is 20.1. The highest BCUT2D eigenvalue weighted by Crippen LogP contribution is 2.23. The third-order valence-corrected chi connectivity index (χ3v) is 5.81. The van der Waals surface area contributed by atoms with Crippen molar-refractivity contribution < 1.29 is 19.2 Å². The third-order valence-electron chi connectivity index (χ3n) is 5.01. The van der Waals surface area contributed by atoms with Crippen LogP contribution in [0.25, 0.3) is 0 Å². The third kappa shape index (κ3) is 4.92. The lowest BCUT2D eigenvalue weighted by Crippen LogP contribution is -3.12. The molecule has 0 saturated carbocycles. The molecule has 0 bridgehead atoms. The van der Waals surface area contributed by atoms with Gasteiger partial charge in [-0.25, -0.2) is 0 Å². The van der Waals surface area contributed by atoms with Crippen molar-refractivity contribution in [3.63, 3.8) is 0 Å². The zero-order valence-corrected chi connectivity index (χ0v) is 17.8. The van der Waals surface area contributed by atoms with Crippen LogP contribution in [0.3, 0.4) is 0 Å². The number of nitrogens with zero attached hydrogens (tertiary/aromatic N) is 3. The van der Waals surface area contributed by atoms with E-state index in [1.165, 1.54) is 4.90 Å². The first-order valence-corrected chi connectivity index (χ1v) is 10.3. The number of carbonyl (C=O) groups excluding carboxylic acids is 1. The van der Waals surface area contributed by atoms with Gasteiger partial charge in [-0.05, 0) is 31.3 Å². The van der Waals surface area contributed by atoms with Gasteiger partial charge in [0.1, 0.15) is 12.4 Å². The number of halogens is 1. The predicted molar refractivity (Wildman–Crippen MR) is 108 cm³/mol. The summed E-state index contributed by atoms with van der Waals surface area (Å²) >= 11 is 11.7. The van der Waals surface area contributed by atoms with Crippen LogP contribution >= 0.6 is 23.8 Å². The summed E-state index contributed by atoms with van der Waals surface area (Å²) in [6, 6.07) is 7.35. The second-order valence-electron chi connectivity index (χ2n) is 6.91. The molecule has 1 saturated heterocycles. The van der Waals surface area contributed by atoms with E-state index in [0.717, 1.165) is 31.8 Å². The van der Waals surface area contributed by atoms with E-state index in [1.54, 1.807) is 6.07 Å². The van der Waals surface area contributed by atoms with Gasteiger partial charge in [-0.1, -0.05) is 23.7 Å². The maximum absolute atomic E-state index is 11.9. The van der Waals surface area contributed by atoms with E-state index in [9.17, 15) is 4.79 Å². The van der Waals surface area contributed by atoms with Crippen molar-refractivity contribution in [2.75, 3.05) is 19.7 Å². The van der Waals surface area contributed by atoms with Crippen LogP contribution < -0.4 is 9.64 Å². The van der Waals surface area contributed by atoms with Crippen molar-refractivity contribution in [1.82, 2.24) is 14.3 Å². The van der Waals surface area contributed by atoms with Gasteiger partial charge < -0.3 is 18.9 Å². The predicted octanol–water partition coefficient (Wildman–Crippen LogP) is 2.00. The van der Waals surface area contributed by atoms with Crippen molar-refractivity contribution in [2.45, 2.75) is 33.0 Å². The van der Waals surface area contributed by atoms with Gasteiger partial charge in [0.25, 0.3) is 0 Å². The Morgan fingerprint density at radius 3 is 2.75 bits per heavy atom. The van der Waals surface area contributed by atoms with Crippen LogP contribution in [0, 0.1) is 10.7 Å². The highest BCUT2D eigenvalue weighted by molar-refractivity contribution is 7.71. The van der Waals surface area contributed by atoms with Gasteiger partial charge in [-0.2, -0.15) is 4.68 Å². The maximum atomic E-state index is 11.9. The molecule has 2 aromatic rings. The number of rotatable bonds is 7. The van der Waals surface area contributed by atoms with E-state index in [1.807, 2.05) is 41.4 Å². The average Bonchev–Trinajstić information content (AvgIpc) is 2.96. The largest absolute Gasteiger partial charge is 0.484 e. The van der Waals surface area contributed by atoms with Crippen LogP contribution in [0.4, 0.5) is 0 Å². The summed E-state index contributed by atoms with van der Waals surface area (Å²) in [6.07, 6.45) is 1.66. The Balaban J connectivity index is 1.59. The number of benzene rings is 1. The molecular weight excluding hydrogens is 400 g/mol. The van der Waals surface area contributed by atoms with Crippen molar-refractivity contribution in [1.29, 1.82) is 0 Å². The lowest BCUT2D eigenvalue weighted by molar-refractivity contribution is -0.929. The molecule has 1 aliphatic heterocycles. The average molecular weight is 426 g/mol. The van der Waals surface area contributed by atoms with Crippen molar-refractivity contribution in [3.8, 4) is 5.75 Å². The minimum Gasteiger partial charge on any atom is -0.484 e. The summed E-state index contributed by atoms with van der Waals surface area (Å²) in [5.74, 6) is 1.30. The molecule has 1 N–H and O–H groups in total. The van der Waals surface area contributed by atoms with Gasteiger partial charge in [0, 0.05) is 19.9 Å². The highest BCUT2D eigenvalue weighted by Gasteiger charge is 2.29. The van der Waals surface area contributed by atoms with Crippen LogP contribution in [0.5, 0.6) is 5.75 Å².